The highest BCUT2D eigenvalue weighted by Crippen LogP contribution is 2.41. The molecule has 2 aromatic heterocycles. The number of rotatable bonds is 6. The maximum atomic E-state index is 2.48. The van der Waals surface area contributed by atoms with Crippen LogP contribution < -0.4 is 0 Å². The first-order chi connectivity index (χ1) is 31.7. The van der Waals surface area contributed by atoms with Gasteiger partial charge in [0.15, 0.2) is 0 Å². The first-order valence-electron chi connectivity index (χ1n) is 22.7. The van der Waals surface area contributed by atoms with Crippen molar-refractivity contribution < 1.29 is 0 Å². The van der Waals surface area contributed by atoms with Crippen LogP contribution in [0.5, 0.6) is 0 Å². The molecule has 64 heavy (non-hydrogen) atoms. The minimum absolute atomic E-state index is 1.04. The van der Waals surface area contributed by atoms with Gasteiger partial charge in [-0.15, -0.1) is 0 Å². The molecule has 0 atom stereocenters. The fourth-order valence-electron chi connectivity index (χ4n) is 10.5. The van der Waals surface area contributed by atoms with Crippen LogP contribution in [-0.4, -0.2) is 9.13 Å². The summed E-state index contributed by atoms with van der Waals surface area (Å²) >= 11 is 0. The van der Waals surface area contributed by atoms with E-state index in [0.717, 1.165) is 31.4 Å². The van der Waals surface area contributed by atoms with Gasteiger partial charge in [-0.25, -0.2) is 0 Å². The quantitative estimate of drug-likeness (QED) is 0.158. The first-order valence-corrected chi connectivity index (χ1v) is 22.7. The molecule has 0 unspecified atom stereocenters. The van der Waals surface area contributed by atoms with Crippen LogP contribution in [0.15, 0.2) is 212 Å². The van der Waals surface area contributed by atoms with Gasteiger partial charge in [0, 0.05) is 32.9 Å². The van der Waals surface area contributed by atoms with Crippen LogP contribution in [0.2, 0.25) is 0 Å². The molecular formula is C62H44N2. The van der Waals surface area contributed by atoms with Crippen LogP contribution >= 0.6 is 0 Å². The second-order valence-electron chi connectivity index (χ2n) is 17.5. The molecule has 2 nitrogen and oxygen atoms in total. The van der Waals surface area contributed by atoms with Gasteiger partial charge in [-0.2, -0.15) is 0 Å². The number of hydrogen-bond donors (Lipinski definition) is 0. The van der Waals surface area contributed by atoms with E-state index in [1.54, 1.807) is 0 Å². The van der Waals surface area contributed by atoms with Crippen molar-refractivity contribution in [3.8, 4) is 50.2 Å². The van der Waals surface area contributed by atoms with Crippen molar-refractivity contribution in [2.24, 2.45) is 0 Å². The van der Waals surface area contributed by atoms with Crippen LogP contribution in [0, 0.1) is 0 Å². The molecule has 2 aliphatic carbocycles. The Labute approximate surface area is 373 Å². The topological polar surface area (TPSA) is 9.86 Å². The van der Waals surface area contributed by atoms with Crippen molar-refractivity contribution in [2.75, 3.05) is 0 Å². The minimum Gasteiger partial charge on any atom is -0.310 e. The third-order valence-electron chi connectivity index (χ3n) is 13.7. The van der Waals surface area contributed by atoms with Crippen LogP contribution in [0.25, 0.3) is 116 Å². The molecule has 0 fully saturated rings. The maximum Gasteiger partial charge on any atom is 0.0547 e. The number of fused-ring (bicyclic) bond motifs is 8. The molecule has 0 saturated carbocycles. The lowest BCUT2D eigenvalue weighted by Crippen LogP contribution is -1.97. The predicted molar refractivity (Wildman–Crippen MR) is 273 cm³/mol. The number of allylic oxidation sites excluding steroid dienone is 5. The van der Waals surface area contributed by atoms with Gasteiger partial charge in [-0.1, -0.05) is 158 Å². The van der Waals surface area contributed by atoms with Crippen molar-refractivity contribution in [3.05, 3.63) is 223 Å². The van der Waals surface area contributed by atoms with Gasteiger partial charge in [0.2, 0.25) is 0 Å². The second-order valence-corrected chi connectivity index (χ2v) is 17.5. The zero-order valence-electron chi connectivity index (χ0n) is 35.5. The smallest absolute Gasteiger partial charge is 0.0547 e. The molecule has 13 rings (SSSR count). The normalized spacial score (nSPS) is 13.7. The van der Waals surface area contributed by atoms with Gasteiger partial charge in [0.25, 0.3) is 0 Å². The molecule has 9 aromatic carbocycles. The molecule has 2 heteroatoms. The summed E-state index contributed by atoms with van der Waals surface area (Å²) in [6.45, 7) is 0. The van der Waals surface area contributed by atoms with Gasteiger partial charge < -0.3 is 9.13 Å². The number of aromatic nitrogens is 2. The number of benzene rings is 9. The highest BCUT2D eigenvalue weighted by Gasteiger charge is 2.19. The zero-order valence-corrected chi connectivity index (χ0v) is 35.5. The molecule has 0 saturated heterocycles. The molecule has 0 bridgehead atoms. The summed E-state index contributed by atoms with van der Waals surface area (Å²) in [6.07, 6.45) is 15.9. The monoisotopic (exact) mass is 816 g/mol. The molecule has 0 radical (unpaired) electrons. The fraction of sp³-hybridized carbons (Fsp3) is 0.0645. The molecule has 0 amide bonds. The summed E-state index contributed by atoms with van der Waals surface area (Å²) in [5.74, 6) is 0. The summed E-state index contributed by atoms with van der Waals surface area (Å²) in [5.41, 5.74) is 19.9. The number of nitrogens with zero attached hydrogens (tertiary/aromatic N) is 2. The molecule has 0 spiro atoms. The molecule has 2 heterocycles. The zero-order chi connectivity index (χ0) is 42.1. The van der Waals surface area contributed by atoms with Gasteiger partial charge in [0.1, 0.15) is 0 Å². The summed E-state index contributed by atoms with van der Waals surface area (Å²) in [5, 5.41) is 7.56. The van der Waals surface area contributed by atoms with Crippen LogP contribution in [0.3, 0.4) is 0 Å². The average molecular weight is 817 g/mol. The fourth-order valence-corrected chi connectivity index (χ4v) is 10.5. The highest BCUT2D eigenvalue weighted by molar-refractivity contribution is 6.14. The molecular weight excluding hydrogens is 773 g/mol. The lowest BCUT2D eigenvalue weighted by Gasteiger charge is -2.14. The van der Waals surface area contributed by atoms with Gasteiger partial charge >= 0.3 is 0 Å². The Morgan fingerprint density at radius 3 is 1.70 bits per heavy atom. The van der Waals surface area contributed by atoms with E-state index < -0.39 is 0 Å². The lowest BCUT2D eigenvalue weighted by atomic mass is 9.93. The van der Waals surface area contributed by atoms with Crippen LogP contribution in [0.4, 0.5) is 0 Å². The summed E-state index contributed by atoms with van der Waals surface area (Å²) in [7, 11) is 0. The standard InChI is InChI=1S/C62H44N2/c1-3-12-41(13-4-1)51-26-30-56-58-38-50(29-33-60(58)64(62(56)39-51)54-21-11-18-46(36-54)47-24-22-42-14-7-9-16-44(42)34-47)52-27-31-55-57-37-49(48-25-23-43-15-8-10-17-45(43)35-48)28-32-59(57)63(61(55)40-52)53-19-5-2-6-20-53/h1,3-5,7-8,10-15,17-40H,2,6,9,16H2. The van der Waals surface area contributed by atoms with E-state index >= 15 is 0 Å². The molecule has 11 aromatic rings. The third-order valence-corrected chi connectivity index (χ3v) is 13.7. The minimum atomic E-state index is 1.04. The Hall–Kier alpha value is -7.94. The van der Waals surface area contributed by atoms with E-state index in [-0.39, 0.29) is 0 Å². The summed E-state index contributed by atoms with van der Waals surface area (Å²) in [4.78, 5) is 0. The average Bonchev–Trinajstić information content (AvgIpc) is 3.88. The van der Waals surface area contributed by atoms with Gasteiger partial charge in [-0.3, -0.25) is 0 Å². The van der Waals surface area contributed by atoms with Crippen molar-refractivity contribution in [3.63, 3.8) is 0 Å². The Bertz CT molecular complexity index is 3770. The Kier molecular flexibility index (Phi) is 8.52. The molecule has 2 aliphatic rings. The Balaban J connectivity index is 0.974. The van der Waals surface area contributed by atoms with E-state index in [1.807, 2.05) is 0 Å². The Morgan fingerprint density at radius 2 is 0.922 bits per heavy atom. The van der Waals surface area contributed by atoms with E-state index in [1.165, 1.54) is 116 Å². The maximum absolute atomic E-state index is 2.48. The Morgan fingerprint density at radius 1 is 0.328 bits per heavy atom. The van der Waals surface area contributed by atoms with E-state index in [2.05, 4.69) is 228 Å². The summed E-state index contributed by atoms with van der Waals surface area (Å²) in [6, 6.07) is 70.4. The number of aryl methyl sites for hydroxylation is 1. The van der Waals surface area contributed by atoms with E-state index in [9.17, 15) is 0 Å². The van der Waals surface area contributed by atoms with E-state index in [4.69, 9.17) is 0 Å². The summed E-state index contributed by atoms with van der Waals surface area (Å²) < 4.78 is 4.96. The van der Waals surface area contributed by atoms with Crippen LogP contribution in [0.1, 0.15) is 30.4 Å². The predicted octanol–water partition coefficient (Wildman–Crippen LogP) is 16.9. The first kappa shape index (κ1) is 36.7. The van der Waals surface area contributed by atoms with Crippen LogP contribution in [-0.2, 0) is 6.42 Å². The van der Waals surface area contributed by atoms with Crippen molar-refractivity contribution >= 4 is 66.2 Å². The molecule has 302 valence electrons. The van der Waals surface area contributed by atoms with Gasteiger partial charge in [-0.05, 0) is 153 Å². The van der Waals surface area contributed by atoms with Crippen molar-refractivity contribution in [1.82, 2.24) is 9.13 Å². The largest absolute Gasteiger partial charge is 0.310 e. The molecule has 0 aliphatic heterocycles. The van der Waals surface area contributed by atoms with Gasteiger partial charge in [0.05, 0.1) is 22.1 Å². The van der Waals surface area contributed by atoms with Crippen molar-refractivity contribution in [1.29, 1.82) is 0 Å². The SMILES string of the molecule is C1=CC(n2c3ccc(-c4ccc5ccccc5c4)cc3c3ccc(-c4ccc5c(c4)c4ccc(-c6ccccc6)cc4n5-c4cccc(-c5ccc6c(c5)CCC=C6)c4)cc32)=CCC1. The second kappa shape index (κ2) is 14.9. The highest BCUT2D eigenvalue weighted by atomic mass is 15.0. The lowest BCUT2D eigenvalue weighted by molar-refractivity contribution is 0.986. The third kappa shape index (κ3) is 6.09. The molecule has 0 N–H and O–H groups in total. The number of hydrogen-bond acceptors (Lipinski definition) is 0. The van der Waals surface area contributed by atoms with E-state index in [0.29, 0.717) is 0 Å². The van der Waals surface area contributed by atoms with Crippen molar-refractivity contribution in [2.45, 2.75) is 25.7 Å².